The number of nitrogens with one attached hydrogen (secondary N) is 1. The highest BCUT2D eigenvalue weighted by Gasteiger charge is 2.49. The van der Waals surface area contributed by atoms with Gasteiger partial charge in [0.1, 0.15) is 5.54 Å². The van der Waals surface area contributed by atoms with Crippen LogP contribution >= 0.6 is 0 Å². The molecule has 0 bridgehead atoms. The van der Waals surface area contributed by atoms with Crippen molar-refractivity contribution in [2.45, 2.75) is 31.7 Å². The Morgan fingerprint density at radius 1 is 1.32 bits per heavy atom. The van der Waals surface area contributed by atoms with Gasteiger partial charge in [0, 0.05) is 19.6 Å². The molecule has 1 atom stereocenters. The maximum Gasteiger partial charge on any atom is 0.239 e. The molecule has 1 aliphatic carbocycles. The van der Waals surface area contributed by atoms with E-state index in [1.54, 1.807) is 0 Å². The van der Waals surface area contributed by atoms with E-state index in [-0.39, 0.29) is 5.91 Å². The molecule has 0 spiro atoms. The zero-order valence-electron chi connectivity index (χ0n) is 12.9. The number of hydrogen-bond acceptors (Lipinski definition) is 4. The van der Waals surface area contributed by atoms with Gasteiger partial charge in [-0.2, -0.15) is 0 Å². The Balaban J connectivity index is 2.64. The van der Waals surface area contributed by atoms with E-state index in [0.29, 0.717) is 12.5 Å². The second-order valence-corrected chi connectivity index (χ2v) is 6.08. The molecule has 0 radical (unpaired) electrons. The van der Waals surface area contributed by atoms with Crippen LogP contribution in [-0.4, -0.2) is 68.6 Å². The number of primary amides is 1. The standard InChI is InChI=1S/C14H30N4O/c1-5-8-16-14(13(15)19,12-6-7-12)11-18(4)10-9-17(2)3/h12,16H,5-11H2,1-4H3,(H2,15,19). The van der Waals surface area contributed by atoms with Crippen molar-refractivity contribution in [2.75, 3.05) is 47.3 Å². The van der Waals surface area contributed by atoms with Gasteiger partial charge in [0.25, 0.3) is 0 Å². The van der Waals surface area contributed by atoms with Crippen molar-refractivity contribution < 1.29 is 4.79 Å². The lowest BCUT2D eigenvalue weighted by Crippen LogP contribution is -2.63. The highest BCUT2D eigenvalue weighted by atomic mass is 16.1. The van der Waals surface area contributed by atoms with Crippen molar-refractivity contribution in [1.29, 1.82) is 0 Å². The number of amides is 1. The summed E-state index contributed by atoms with van der Waals surface area (Å²) >= 11 is 0. The third-order valence-electron chi connectivity index (χ3n) is 3.85. The fraction of sp³-hybridized carbons (Fsp3) is 0.929. The number of likely N-dealkylation sites (N-methyl/N-ethyl adjacent to an activating group) is 2. The van der Waals surface area contributed by atoms with Gasteiger partial charge < -0.3 is 20.9 Å². The molecule has 0 heterocycles. The smallest absolute Gasteiger partial charge is 0.239 e. The molecule has 0 saturated heterocycles. The minimum atomic E-state index is -0.531. The molecule has 112 valence electrons. The zero-order chi connectivity index (χ0) is 14.5. The van der Waals surface area contributed by atoms with E-state index in [4.69, 9.17) is 5.73 Å². The monoisotopic (exact) mass is 270 g/mol. The van der Waals surface area contributed by atoms with Gasteiger partial charge in [-0.25, -0.2) is 0 Å². The number of hydrogen-bond donors (Lipinski definition) is 2. The summed E-state index contributed by atoms with van der Waals surface area (Å²) in [5.41, 5.74) is 5.19. The summed E-state index contributed by atoms with van der Waals surface area (Å²) in [5.74, 6) is 0.221. The van der Waals surface area contributed by atoms with Gasteiger partial charge in [-0.1, -0.05) is 6.92 Å². The summed E-state index contributed by atoms with van der Waals surface area (Å²) in [4.78, 5) is 16.4. The van der Waals surface area contributed by atoms with Crippen molar-refractivity contribution in [1.82, 2.24) is 15.1 Å². The summed E-state index contributed by atoms with van der Waals surface area (Å²) < 4.78 is 0. The van der Waals surface area contributed by atoms with Gasteiger partial charge in [0.2, 0.25) is 5.91 Å². The fourth-order valence-corrected chi connectivity index (χ4v) is 2.50. The van der Waals surface area contributed by atoms with Gasteiger partial charge >= 0.3 is 0 Å². The van der Waals surface area contributed by atoms with Crippen LogP contribution in [0.3, 0.4) is 0 Å². The van der Waals surface area contributed by atoms with E-state index in [1.807, 2.05) is 0 Å². The van der Waals surface area contributed by atoms with E-state index >= 15 is 0 Å². The van der Waals surface area contributed by atoms with Crippen molar-refractivity contribution in [3.63, 3.8) is 0 Å². The van der Waals surface area contributed by atoms with Crippen molar-refractivity contribution in [2.24, 2.45) is 11.7 Å². The molecule has 1 rings (SSSR count). The first-order chi connectivity index (χ1) is 8.92. The molecule has 1 fully saturated rings. The van der Waals surface area contributed by atoms with Gasteiger partial charge in [-0.3, -0.25) is 4.79 Å². The first-order valence-electron chi connectivity index (χ1n) is 7.30. The van der Waals surface area contributed by atoms with Gasteiger partial charge in [0.15, 0.2) is 0 Å². The first-order valence-corrected chi connectivity index (χ1v) is 7.30. The molecular weight excluding hydrogens is 240 g/mol. The Bertz CT molecular complexity index is 291. The maximum atomic E-state index is 12.0. The SMILES string of the molecule is CCCNC(CN(C)CCN(C)C)(C(N)=O)C1CC1. The predicted molar refractivity (Wildman–Crippen MR) is 79.0 cm³/mol. The molecule has 1 saturated carbocycles. The van der Waals surface area contributed by atoms with Crippen molar-refractivity contribution >= 4 is 5.91 Å². The first kappa shape index (κ1) is 16.4. The number of nitrogens with two attached hydrogens (primary N) is 1. The largest absolute Gasteiger partial charge is 0.368 e. The number of carbonyl (C=O) groups excluding carboxylic acids is 1. The molecule has 1 unspecified atom stereocenters. The van der Waals surface area contributed by atoms with Crippen LogP contribution in [0.4, 0.5) is 0 Å². The normalized spacial score (nSPS) is 18.8. The number of carbonyl (C=O) groups is 1. The van der Waals surface area contributed by atoms with Gasteiger partial charge in [-0.15, -0.1) is 0 Å². The van der Waals surface area contributed by atoms with E-state index in [9.17, 15) is 4.79 Å². The Morgan fingerprint density at radius 2 is 1.95 bits per heavy atom. The van der Waals surface area contributed by atoms with E-state index in [0.717, 1.165) is 38.9 Å². The Kier molecular flexibility index (Phi) is 6.23. The van der Waals surface area contributed by atoms with Gasteiger partial charge in [0.05, 0.1) is 0 Å². The summed E-state index contributed by atoms with van der Waals surface area (Å²) in [5, 5.41) is 3.43. The van der Waals surface area contributed by atoms with Crippen LogP contribution in [0.1, 0.15) is 26.2 Å². The lowest BCUT2D eigenvalue weighted by atomic mass is 9.91. The van der Waals surface area contributed by atoms with Crippen LogP contribution in [0.2, 0.25) is 0 Å². The molecule has 3 N–H and O–H groups in total. The highest BCUT2D eigenvalue weighted by Crippen LogP contribution is 2.40. The maximum absolute atomic E-state index is 12.0. The summed E-state index contributed by atoms with van der Waals surface area (Å²) in [6.45, 7) is 5.61. The van der Waals surface area contributed by atoms with Crippen LogP contribution in [0.5, 0.6) is 0 Å². The van der Waals surface area contributed by atoms with Crippen LogP contribution in [0.15, 0.2) is 0 Å². The van der Waals surface area contributed by atoms with Crippen LogP contribution in [0.25, 0.3) is 0 Å². The minimum Gasteiger partial charge on any atom is -0.368 e. The quantitative estimate of drug-likeness (QED) is 0.592. The van der Waals surface area contributed by atoms with E-state index < -0.39 is 5.54 Å². The predicted octanol–water partition coefficient (Wildman–Crippen LogP) is 0.114. The van der Waals surface area contributed by atoms with Gasteiger partial charge in [-0.05, 0) is 52.9 Å². The molecule has 1 amide bonds. The van der Waals surface area contributed by atoms with Crippen LogP contribution < -0.4 is 11.1 Å². The second kappa shape index (κ2) is 7.22. The summed E-state index contributed by atoms with van der Waals surface area (Å²) in [7, 11) is 6.19. The molecule has 19 heavy (non-hydrogen) atoms. The third-order valence-corrected chi connectivity index (χ3v) is 3.85. The minimum absolute atomic E-state index is 0.194. The summed E-state index contributed by atoms with van der Waals surface area (Å²) in [6.07, 6.45) is 3.24. The van der Waals surface area contributed by atoms with E-state index in [1.165, 1.54) is 0 Å². The average molecular weight is 270 g/mol. The van der Waals surface area contributed by atoms with Crippen LogP contribution in [0, 0.1) is 5.92 Å². The van der Waals surface area contributed by atoms with E-state index in [2.05, 4.69) is 43.2 Å². The molecule has 0 aromatic carbocycles. The Morgan fingerprint density at radius 3 is 2.37 bits per heavy atom. The Labute approximate surface area is 117 Å². The lowest BCUT2D eigenvalue weighted by molar-refractivity contribution is -0.126. The molecule has 5 nitrogen and oxygen atoms in total. The van der Waals surface area contributed by atoms with Crippen molar-refractivity contribution in [3.05, 3.63) is 0 Å². The fourth-order valence-electron chi connectivity index (χ4n) is 2.50. The third kappa shape index (κ3) is 4.75. The number of rotatable bonds is 10. The van der Waals surface area contributed by atoms with Crippen LogP contribution in [-0.2, 0) is 4.79 Å². The topological polar surface area (TPSA) is 61.6 Å². The molecule has 5 heteroatoms. The highest BCUT2D eigenvalue weighted by molar-refractivity contribution is 5.86. The average Bonchev–Trinajstić information content (AvgIpc) is 3.16. The molecule has 1 aliphatic rings. The number of nitrogens with zero attached hydrogens (tertiary/aromatic N) is 2. The zero-order valence-corrected chi connectivity index (χ0v) is 12.9. The molecule has 0 aromatic heterocycles. The molecule has 0 aliphatic heterocycles. The Hall–Kier alpha value is -0.650. The molecular formula is C14H30N4O. The second-order valence-electron chi connectivity index (χ2n) is 6.08. The van der Waals surface area contributed by atoms with Crippen molar-refractivity contribution in [3.8, 4) is 0 Å². The lowest BCUT2D eigenvalue weighted by Gasteiger charge is -2.36. The summed E-state index contributed by atoms with van der Waals surface area (Å²) in [6, 6.07) is 0. The molecule has 0 aromatic rings.